The number of piperidine rings is 1. The lowest BCUT2D eigenvalue weighted by Crippen LogP contribution is -2.44. The molecule has 1 unspecified atom stereocenters. The second-order valence-electron chi connectivity index (χ2n) is 6.80. The molecule has 140 valence electrons. The Morgan fingerprint density at radius 3 is 2.50 bits per heavy atom. The van der Waals surface area contributed by atoms with E-state index in [-0.39, 0.29) is 23.0 Å². The van der Waals surface area contributed by atoms with Crippen molar-refractivity contribution in [3.8, 4) is 0 Å². The summed E-state index contributed by atoms with van der Waals surface area (Å²) in [4.78, 5) is 37.3. The molecule has 0 saturated carbocycles. The Kier molecular flexibility index (Phi) is 5.53. The maximum absolute atomic E-state index is 12.8. The molecule has 2 N–H and O–H groups in total. The number of hydrogen-bond donors (Lipinski definition) is 1. The largest absolute Gasteiger partial charge is 0.369 e. The smallest absolute Gasteiger partial charge is 0.235 e. The van der Waals surface area contributed by atoms with Gasteiger partial charge in [-0.15, -0.1) is 11.3 Å². The van der Waals surface area contributed by atoms with Crippen LogP contribution in [0.15, 0.2) is 5.03 Å². The molecule has 0 spiro atoms. The van der Waals surface area contributed by atoms with Crippen molar-refractivity contribution in [3.05, 3.63) is 16.3 Å². The summed E-state index contributed by atoms with van der Waals surface area (Å²) in [5.41, 5.74) is 6.56. The summed E-state index contributed by atoms with van der Waals surface area (Å²) < 4.78 is 0. The number of fused-ring (bicyclic) bond motifs is 1. The predicted molar refractivity (Wildman–Crippen MR) is 105 cm³/mol. The highest BCUT2D eigenvalue weighted by Gasteiger charge is 2.29. The van der Waals surface area contributed by atoms with Gasteiger partial charge in [0.1, 0.15) is 15.7 Å². The fraction of sp³-hybridized carbons (Fsp3) is 0.556. The van der Waals surface area contributed by atoms with E-state index in [1.165, 1.54) is 22.2 Å². The predicted octanol–water partition coefficient (Wildman–Crippen LogP) is 2.82. The third kappa shape index (κ3) is 3.71. The van der Waals surface area contributed by atoms with Crippen LogP contribution in [0.2, 0.25) is 0 Å². The Morgan fingerprint density at radius 2 is 1.88 bits per heavy atom. The Morgan fingerprint density at radius 1 is 1.23 bits per heavy atom. The number of aromatic nitrogens is 2. The molecule has 0 radical (unpaired) electrons. The van der Waals surface area contributed by atoms with Gasteiger partial charge >= 0.3 is 0 Å². The molecule has 1 fully saturated rings. The van der Waals surface area contributed by atoms with Gasteiger partial charge in [0, 0.05) is 29.3 Å². The summed E-state index contributed by atoms with van der Waals surface area (Å²) in [5.74, 6) is 0.444. The van der Waals surface area contributed by atoms with Crippen molar-refractivity contribution in [2.24, 2.45) is 11.7 Å². The number of thioether (sulfide) groups is 1. The first-order valence-corrected chi connectivity index (χ1v) is 10.5. The summed E-state index contributed by atoms with van der Waals surface area (Å²) in [6, 6.07) is 0. The molecule has 3 rings (SSSR count). The summed E-state index contributed by atoms with van der Waals surface area (Å²) in [5, 5.41) is 1.70. The van der Waals surface area contributed by atoms with Gasteiger partial charge in [-0.1, -0.05) is 11.8 Å². The summed E-state index contributed by atoms with van der Waals surface area (Å²) in [6.45, 7) is 9.15. The van der Waals surface area contributed by atoms with Crippen LogP contribution in [-0.2, 0) is 9.59 Å². The number of hydrogen-bond acceptors (Lipinski definition) is 6. The topological polar surface area (TPSA) is 89.2 Å². The highest BCUT2D eigenvalue weighted by Crippen LogP contribution is 2.37. The molecule has 0 bridgehead atoms. The van der Waals surface area contributed by atoms with E-state index in [4.69, 9.17) is 5.73 Å². The molecule has 8 heteroatoms. The Balaban J connectivity index is 1.76. The van der Waals surface area contributed by atoms with Gasteiger partial charge in [-0.3, -0.25) is 9.59 Å². The molecule has 0 aliphatic carbocycles. The molecule has 1 aliphatic heterocycles. The zero-order valence-corrected chi connectivity index (χ0v) is 17.2. The lowest BCUT2D eigenvalue weighted by atomic mass is 9.96. The lowest BCUT2D eigenvalue weighted by Gasteiger charge is -2.32. The normalized spacial score (nSPS) is 16.8. The molecule has 1 atom stereocenters. The third-order valence-corrected chi connectivity index (χ3v) is 7.13. The molecular weight excluding hydrogens is 368 g/mol. The van der Waals surface area contributed by atoms with Gasteiger partial charge in [0.2, 0.25) is 11.8 Å². The summed E-state index contributed by atoms with van der Waals surface area (Å²) in [6.07, 6.45) is 1.30. The third-order valence-electron chi connectivity index (χ3n) is 4.95. The van der Waals surface area contributed by atoms with Gasteiger partial charge < -0.3 is 10.6 Å². The van der Waals surface area contributed by atoms with Crippen molar-refractivity contribution in [3.63, 3.8) is 0 Å². The van der Waals surface area contributed by atoms with Crippen LogP contribution in [0.5, 0.6) is 0 Å². The van der Waals surface area contributed by atoms with E-state index in [2.05, 4.69) is 23.8 Å². The SMILES string of the molecule is Cc1nc(SC(C)C(=O)N2CCC(C(N)=O)CC2)c2c(C)c(C)sc2n1. The van der Waals surface area contributed by atoms with Crippen LogP contribution in [0.1, 0.15) is 36.0 Å². The number of thiophene rings is 1. The second kappa shape index (κ2) is 7.52. The van der Waals surface area contributed by atoms with Crippen molar-refractivity contribution in [1.29, 1.82) is 0 Å². The van der Waals surface area contributed by atoms with Gasteiger partial charge in [-0.25, -0.2) is 9.97 Å². The molecule has 1 saturated heterocycles. The first-order chi connectivity index (χ1) is 12.3. The Labute approximate surface area is 161 Å². The zero-order chi connectivity index (χ0) is 19.0. The van der Waals surface area contributed by atoms with E-state index in [1.807, 2.05) is 18.7 Å². The van der Waals surface area contributed by atoms with Crippen molar-refractivity contribution in [2.75, 3.05) is 13.1 Å². The van der Waals surface area contributed by atoms with Gasteiger partial charge in [0.25, 0.3) is 0 Å². The Hall–Kier alpha value is -1.67. The van der Waals surface area contributed by atoms with Crippen LogP contribution < -0.4 is 5.73 Å². The first-order valence-electron chi connectivity index (χ1n) is 8.77. The molecule has 26 heavy (non-hydrogen) atoms. The minimum atomic E-state index is -0.262. The first kappa shape index (κ1) is 19.1. The maximum Gasteiger partial charge on any atom is 0.235 e. The molecule has 1 aliphatic rings. The standard InChI is InChI=1S/C18H24N4O2S2/c1-9-10(2)25-16-14(9)17(21-12(4)20-16)26-11(3)18(24)22-7-5-13(6-8-22)15(19)23/h11,13H,5-8H2,1-4H3,(H2,19,23). The van der Waals surface area contributed by atoms with E-state index in [0.29, 0.717) is 25.9 Å². The van der Waals surface area contributed by atoms with Gasteiger partial charge in [-0.05, 0) is 46.1 Å². The quantitative estimate of drug-likeness (QED) is 0.638. The second-order valence-corrected chi connectivity index (χ2v) is 9.33. The van der Waals surface area contributed by atoms with Gasteiger partial charge in [-0.2, -0.15) is 0 Å². The molecule has 2 amide bonds. The van der Waals surface area contributed by atoms with Crippen LogP contribution in [0.4, 0.5) is 0 Å². The Bertz CT molecular complexity index is 856. The van der Waals surface area contributed by atoms with E-state index >= 15 is 0 Å². The monoisotopic (exact) mass is 392 g/mol. The highest BCUT2D eigenvalue weighted by molar-refractivity contribution is 8.00. The van der Waals surface area contributed by atoms with E-state index in [9.17, 15) is 9.59 Å². The lowest BCUT2D eigenvalue weighted by molar-refractivity contribution is -0.134. The van der Waals surface area contributed by atoms with E-state index in [1.54, 1.807) is 11.3 Å². The average Bonchev–Trinajstić information content (AvgIpc) is 2.88. The number of rotatable bonds is 4. The van der Waals surface area contributed by atoms with E-state index < -0.39 is 0 Å². The molecular formula is C18H24N4O2S2. The highest BCUT2D eigenvalue weighted by atomic mass is 32.2. The summed E-state index contributed by atoms with van der Waals surface area (Å²) >= 11 is 3.17. The minimum absolute atomic E-state index is 0.0898. The molecule has 2 aromatic rings. The molecule has 3 heterocycles. The number of aryl methyl sites for hydroxylation is 3. The van der Waals surface area contributed by atoms with Crippen LogP contribution in [0.25, 0.3) is 10.2 Å². The number of nitrogens with zero attached hydrogens (tertiary/aromatic N) is 3. The van der Waals surface area contributed by atoms with Crippen molar-refractivity contribution < 1.29 is 9.59 Å². The summed E-state index contributed by atoms with van der Waals surface area (Å²) in [7, 11) is 0. The number of carbonyl (C=O) groups excluding carboxylic acids is 2. The average molecular weight is 393 g/mol. The van der Waals surface area contributed by atoms with Crippen LogP contribution in [-0.4, -0.2) is 45.0 Å². The molecule has 6 nitrogen and oxygen atoms in total. The van der Waals surface area contributed by atoms with Crippen LogP contribution >= 0.6 is 23.1 Å². The van der Waals surface area contributed by atoms with Crippen molar-refractivity contribution in [1.82, 2.24) is 14.9 Å². The number of nitrogens with two attached hydrogens (primary N) is 1. The number of primary amides is 1. The van der Waals surface area contributed by atoms with Crippen molar-refractivity contribution in [2.45, 2.75) is 50.8 Å². The van der Waals surface area contributed by atoms with E-state index in [0.717, 1.165) is 21.1 Å². The van der Waals surface area contributed by atoms with Gasteiger partial charge in [0.15, 0.2) is 0 Å². The zero-order valence-electron chi connectivity index (χ0n) is 15.5. The molecule has 2 aromatic heterocycles. The van der Waals surface area contributed by atoms with Crippen LogP contribution in [0, 0.1) is 26.7 Å². The number of likely N-dealkylation sites (tertiary alicyclic amines) is 1. The van der Waals surface area contributed by atoms with Gasteiger partial charge in [0.05, 0.1) is 5.25 Å². The minimum Gasteiger partial charge on any atom is -0.369 e. The fourth-order valence-electron chi connectivity index (χ4n) is 3.26. The molecule has 0 aromatic carbocycles. The number of amides is 2. The van der Waals surface area contributed by atoms with Crippen LogP contribution in [0.3, 0.4) is 0 Å². The number of carbonyl (C=O) groups is 2. The van der Waals surface area contributed by atoms with Crippen molar-refractivity contribution >= 4 is 45.1 Å². The maximum atomic E-state index is 12.8. The fourth-order valence-corrected chi connectivity index (χ4v) is 5.54.